The standard InChI is InChI=1S/C14H29NO2/c1-12(2)13(10-17-3)15-11-14(16)8-6-4-5-7-9-14/h12-13,15-16H,4-11H2,1-3H3. The van der Waals surface area contributed by atoms with Gasteiger partial charge in [0, 0.05) is 19.7 Å². The maximum absolute atomic E-state index is 10.5. The minimum Gasteiger partial charge on any atom is -0.389 e. The number of nitrogens with one attached hydrogen (secondary N) is 1. The summed E-state index contributed by atoms with van der Waals surface area (Å²) < 4.78 is 5.22. The molecule has 0 radical (unpaired) electrons. The summed E-state index contributed by atoms with van der Waals surface area (Å²) in [6, 6.07) is 0.340. The largest absolute Gasteiger partial charge is 0.389 e. The van der Waals surface area contributed by atoms with E-state index in [0.29, 0.717) is 25.1 Å². The van der Waals surface area contributed by atoms with E-state index in [1.165, 1.54) is 12.8 Å². The molecule has 0 spiro atoms. The summed E-state index contributed by atoms with van der Waals surface area (Å²) in [4.78, 5) is 0. The number of hydrogen-bond donors (Lipinski definition) is 2. The summed E-state index contributed by atoms with van der Waals surface area (Å²) in [5.74, 6) is 0.532. The monoisotopic (exact) mass is 243 g/mol. The lowest BCUT2D eigenvalue weighted by Crippen LogP contribution is -2.47. The van der Waals surface area contributed by atoms with Crippen LogP contribution in [0, 0.1) is 5.92 Å². The van der Waals surface area contributed by atoms with Crippen molar-refractivity contribution in [2.45, 2.75) is 64.0 Å². The predicted octanol–water partition coefficient (Wildman–Crippen LogP) is 2.33. The van der Waals surface area contributed by atoms with Gasteiger partial charge in [-0.1, -0.05) is 39.5 Å². The third-order valence-electron chi connectivity index (χ3n) is 3.88. The van der Waals surface area contributed by atoms with Crippen LogP contribution >= 0.6 is 0 Å². The highest BCUT2D eigenvalue weighted by Gasteiger charge is 2.28. The molecule has 0 saturated heterocycles. The molecule has 0 heterocycles. The molecule has 0 aromatic heterocycles. The molecular formula is C14H29NO2. The Kier molecular flexibility index (Phi) is 6.45. The Morgan fingerprint density at radius 1 is 1.18 bits per heavy atom. The molecule has 2 N–H and O–H groups in total. The Morgan fingerprint density at radius 2 is 1.76 bits per heavy atom. The molecule has 0 aromatic carbocycles. The van der Waals surface area contributed by atoms with Crippen molar-refractivity contribution in [3.05, 3.63) is 0 Å². The molecule has 102 valence electrons. The highest BCUT2D eigenvalue weighted by Crippen LogP contribution is 2.26. The Hall–Kier alpha value is -0.120. The second-order valence-electron chi connectivity index (χ2n) is 5.83. The van der Waals surface area contributed by atoms with Gasteiger partial charge in [-0.15, -0.1) is 0 Å². The fourth-order valence-electron chi connectivity index (χ4n) is 2.55. The number of methoxy groups -OCH3 is 1. The van der Waals surface area contributed by atoms with Crippen LogP contribution in [0.1, 0.15) is 52.4 Å². The zero-order chi connectivity index (χ0) is 12.7. The summed E-state index contributed by atoms with van der Waals surface area (Å²) in [6.07, 6.45) is 6.75. The topological polar surface area (TPSA) is 41.5 Å². The second-order valence-corrected chi connectivity index (χ2v) is 5.83. The first-order chi connectivity index (χ1) is 8.07. The molecule has 1 rings (SSSR count). The lowest BCUT2D eigenvalue weighted by molar-refractivity contribution is 0.0172. The minimum absolute atomic E-state index is 0.340. The minimum atomic E-state index is -0.489. The van der Waals surface area contributed by atoms with Crippen molar-refractivity contribution >= 4 is 0 Å². The van der Waals surface area contributed by atoms with E-state index < -0.39 is 5.60 Å². The molecule has 1 saturated carbocycles. The maximum Gasteiger partial charge on any atom is 0.0771 e. The van der Waals surface area contributed by atoms with Crippen LogP contribution in [0.2, 0.25) is 0 Å². The molecule has 1 unspecified atom stereocenters. The predicted molar refractivity (Wildman–Crippen MR) is 71.2 cm³/mol. The molecule has 0 amide bonds. The molecule has 1 fully saturated rings. The quantitative estimate of drug-likeness (QED) is 0.704. The molecule has 3 heteroatoms. The van der Waals surface area contributed by atoms with Crippen molar-refractivity contribution in [3.63, 3.8) is 0 Å². The van der Waals surface area contributed by atoms with E-state index in [-0.39, 0.29) is 0 Å². The summed E-state index contributed by atoms with van der Waals surface area (Å²) in [5, 5.41) is 14.0. The van der Waals surface area contributed by atoms with Gasteiger partial charge in [0.15, 0.2) is 0 Å². The lowest BCUT2D eigenvalue weighted by atomic mass is 9.93. The van der Waals surface area contributed by atoms with Crippen molar-refractivity contribution in [2.24, 2.45) is 5.92 Å². The van der Waals surface area contributed by atoms with Crippen LogP contribution < -0.4 is 5.32 Å². The SMILES string of the molecule is COCC(NCC1(O)CCCCCC1)C(C)C. The first-order valence-corrected chi connectivity index (χ1v) is 7.02. The Bertz CT molecular complexity index is 198. The van der Waals surface area contributed by atoms with Gasteiger partial charge in [0.2, 0.25) is 0 Å². The molecule has 1 aliphatic rings. The van der Waals surface area contributed by atoms with Crippen LogP contribution in [0.15, 0.2) is 0 Å². The number of ether oxygens (including phenoxy) is 1. The number of rotatable bonds is 6. The second kappa shape index (κ2) is 7.34. The Balaban J connectivity index is 2.40. The molecule has 3 nitrogen and oxygen atoms in total. The van der Waals surface area contributed by atoms with Gasteiger partial charge in [-0.3, -0.25) is 0 Å². The Morgan fingerprint density at radius 3 is 2.24 bits per heavy atom. The van der Waals surface area contributed by atoms with Gasteiger partial charge >= 0.3 is 0 Å². The third-order valence-corrected chi connectivity index (χ3v) is 3.88. The average Bonchev–Trinajstić information content (AvgIpc) is 2.49. The number of aliphatic hydroxyl groups is 1. The summed E-state index contributed by atoms with van der Waals surface area (Å²) in [6.45, 7) is 5.80. The maximum atomic E-state index is 10.5. The van der Waals surface area contributed by atoms with E-state index in [2.05, 4.69) is 19.2 Å². The highest BCUT2D eigenvalue weighted by molar-refractivity contribution is 4.85. The zero-order valence-corrected chi connectivity index (χ0v) is 11.7. The van der Waals surface area contributed by atoms with Crippen molar-refractivity contribution < 1.29 is 9.84 Å². The molecule has 0 bridgehead atoms. The van der Waals surface area contributed by atoms with Gasteiger partial charge in [0.25, 0.3) is 0 Å². The van der Waals surface area contributed by atoms with Crippen molar-refractivity contribution in [1.29, 1.82) is 0 Å². The van der Waals surface area contributed by atoms with Crippen LogP contribution in [0.4, 0.5) is 0 Å². The van der Waals surface area contributed by atoms with Crippen LogP contribution in [-0.2, 0) is 4.74 Å². The van der Waals surface area contributed by atoms with Crippen molar-refractivity contribution in [1.82, 2.24) is 5.32 Å². The van der Waals surface area contributed by atoms with Crippen LogP contribution in [-0.4, -0.2) is 37.0 Å². The first kappa shape index (κ1) is 14.9. The number of hydrogen-bond acceptors (Lipinski definition) is 3. The van der Waals surface area contributed by atoms with Gasteiger partial charge in [0.05, 0.1) is 12.2 Å². The molecule has 0 aromatic rings. The fraction of sp³-hybridized carbons (Fsp3) is 1.00. The molecule has 1 atom stereocenters. The molecule has 1 aliphatic carbocycles. The van der Waals surface area contributed by atoms with Crippen LogP contribution in [0.25, 0.3) is 0 Å². The highest BCUT2D eigenvalue weighted by atomic mass is 16.5. The van der Waals surface area contributed by atoms with Gasteiger partial charge in [0.1, 0.15) is 0 Å². The van der Waals surface area contributed by atoms with E-state index in [1.807, 2.05) is 0 Å². The molecular weight excluding hydrogens is 214 g/mol. The van der Waals surface area contributed by atoms with E-state index in [9.17, 15) is 5.11 Å². The Labute approximate surface area is 106 Å². The molecule has 0 aliphatic heterocycles. The average molecular weight is 243 g/mol. The van der Waals surface area contributed by atoms with Gasteiger partial charge < -0.3 is 15.2 Å². The van der Waals surface area contributed by atoms with E-state index in [1.54, 1.807) is 7.11 Å². The van der Waals surface area contributed by atoms with E-state index in [4.69, 9.17) is 4.74 Å². The summed E-state index contributed by atoms with van der Waals surface area (Å²) >= 11 is 0. The van der Waals surface area contributed by atoms with Crippen molar-refractivity contribution in [2.75, 3.05) is 20.3 Å². The van der Waals surface area contributed by atoms with E-state index >= 15 is 0 Å². The van der Waals surface area contributed by atoms with Gasteiger partial charge in [-0.2, -0.15) is 0 Å². The van der Waals surface area contributed by atoms with Crippen LogP contribution in [0.3, 0.4) is 0 Å². The van der Waals surface area contributed by atoms with Crippen molar-refractivity contribution in [3.8, 4) is 0 Å². The van der Waals surface area contributed by atoms with Gasteiger partial charge in [-0.25, -0.2) is 0 Å². The summed E-state index contributed by atoms with van der Waals surface area (Å²) in [5.41, 5.74) is -0.489. The fourth-order valence-corrected chi connectivity index (χ4v) is 2.55. The van der Waals surface area contributed by atoms with Crippen LogP contribution in [0.5, 0.6) is 0 Å². The zero-order valence-electron chi connectivity index (χ0n) is 11.7. The first-order valence-electron chi connectivity index (χ1n) is 7.02. The molecule has 17 heavy (non-hydrogen) atoms. The van der Waals surface area contributed by atoms with E-state index in [0.717, 1.165) is 25.7 Å². The van der Waals surface area contributed by atoms with Gasteiger partial charge in [-0.05, 0) is 18.8 Å². The smallest absolute Gasteiger partial charge is 0.0771 e. The lowest BCUT2D eigenvalue weighted by Gasteiger charge is -2.31. The third kappa shape index (κ3) is 5.36. The normalized spacial score (nSPS) is 22.4. The summed E-state index contributed by atoms with van der Waals surface area (Å²) in [7, 11) is 1.73.